The third-order valence-electron chi connectivity index (χ3n) is 3.11. The number of nitro benzene ring substituents is 1. The van der Waals surface area contributed by atoms with Gasteiger partial charge < -0.3 is 14.6 Å². The van der Waals surface area contributed by atoms with Crippen LogP contribution in [0.3, 0.4) is 0 Å². The van der Waals surface area contributed by atoms with Crippen molar-refractivity contribution in [2.75, 3.05) is 14.2 Å². The van der Waals surface area contributed by atoms with Gasteiger partial charge in [0.25, 0.3) is 5.69 Å². The molecule has 0 fully saturated rings. The van der Waals surface area contributed by atoms with Crippen molar-refractivity contribution < 1.29 is 24.3 Å². The smallest absolute Gasteiger partial charge is 0.342 e. The van der Waals surface area contributed by atoms with Gasteiger partial charge in [-0.15, -0.1) is 0 Å². The lowest BCUT2D eigenvalue weighted by atomic mass is 10.0. The van der Waals surface area contributed by atoms with Gasteiger partial charge in [0.1, 0.15) is 17.1 Å². The molecule has 2 aromatic carbocycles. The van der Waals surface area contributed by atoms with Gasteiger partial charge in [0.05, 0.1) is 19.1 Å². The molecule has 22 heavy (non-hydrogen) atoms. The molecule has 7 nitrogen and oxygen atoms in total. The van der Waals surface area contributed by atoms with Gasteiger partial charge in [-0.05, 0) is 29.3 Å². The van der Waals surface area contributed by atoms with Crippen LogP contribution in [0, 0.1) is 10.1 Å². The lowest BCUT2D eigenvalue weighted by Crippen LogP contribution is -2.02. The zero-order valence-corrected chi connectivity index (χ0v) is 11.9. The molecular weight excluding hydrogens is 290 g/mol. The molecule has 0 unspecified atom stereocenters. The number of aromatic carboxylic acids is 1. The zero-order valence-electron chi connectivity index (χ0n) is 11.9. The Kier molecular flexibility index (Phi) is 4.26. The number of nitro groups is 1. The van der Waals surface area contributed by atoms with Gasteiger partial charge in [0.15, 0.2) is 0 Å². The molecule has 114 valence electrons. The van der Waals surface area contributed by atoms with E-state index in [4.69, 9.17) is 14.6 Å². The third-order valence-corrected chi connectivity index (χ3v) is 3.11. The number of methoxy groups -OCH3 is 2. The Labute approximate surface area is 125 Å². The maximum absolute atomic E-state index is 11.0. The molecule has 0 aliphatic heterocycles. The first-order valence-electron chi connectivity index (χ1n) is 6.21. The van der Waals surface area contributed by atoms with Crippen molar-refractivity contribution in [1.29, 1.82) is 0 Å². The lowest BCUT2D eigenvalue weighted by molar-refractivity contribution is -0.385. The fourth-order valence-electron chi connectivity index (χ4n) is 2.02. The standard InChI is InChI=1S/C15H13NO6/c1-21-11-5-10(6-12(8-11)22-2)9-3-4-13(15(17)18)14(7-9)16(19)20/h3-8H,1-2H3,(H,17,18). The van der Waals surface area contributed by atoms with E-state index in [2.05, 4.69) is 0 Å². The SMILES string of the molecule is COc1cc(OC)cc(-c2ccc(C(=O)O)c([N+](=O)[O-])c2)c1. The summed E-state index contributed by atoms with van der Waals surface area (Å²) >= 11 is 0. The number of nitrogens with zero attached hydrogens (tertiary/aromatic N) is 1. The number of carboxylic acids is 1. The molecule has 0 aromatic heterocycles. The van der Waals surface area contributed by atoms with Crippen molar-refractivity contribution in [2.24, 2.45) is 0 Å². The summed E-state index contributed by atoms with van der Waals surface area (Å²) in [5, 5.41) is 20.0. The van der Waals surface area contributed by atoms with Crippen LogP contribution in [0.5, 0.6) is 11.5 Å². The average molecular weight is 303 g/mol. The molecule has 0 amide bonds. The highest BCUT2D eigenvalue weighted by molar-refractivity contribution is 5.93. The predicted molar refractivity (Wildman–Crippen MR) is 78.6 cm³/mol. The van der Waals surface area contributed by atoms with Crippen molar-refractivity contribution in [3.05, 3.63) is 52.1 Å². The second-order valence-electron chi connectivity index (χ2n) is 4.40. The van der Waals surface area contributed by atoms with Gasteiger partial charge >= 0.3 is 5.97 Å². The summed E-state index contributed by atoms with van der Waals surface area (Å²) in [5.74, 6) is -0.292. The van der Waals surface area contributed by atoms with E-state index in [1.54, 1.807) is 18.2 Å². The monoisotopic (exact) mass is 303 g/mol. The molecule has 0 aliphatic rings. The van der Waals surface area contributed by atoms with Crippen LogP contribution in [0.2, 0.25) is 0 Å². The molecule has 0 bridgehead atoms. The minimum absolute atomic E-state index is 0.358. The summed E-state index contributed by atoms with van der Waals surface area (Å²) in [6.45, 7) is 0. The van der Waals surface area contributed by atoms with Gasteiger partial charge in [-0.1, -0.05) is 6.07 Å². The van der Waals surface area contributed by atoms with Crippen LogP contribution in [0.4, 0.5) is 5.69 Å². The highest BCUT2D eigenvalue weighted by Gasteiger charge is 2.20. The number of carbonyl (C=O) groups is 1. The van der Waals surface area contributed by atoms with E-state index in [1.807, 2.05) is 0 Å². The molecule has 2 aromatic rings. The summed E-state index contributed by atoms with van der Waals surface area (Å²) < 4.78 is 10.3. The van der Waals surface area contributed by atoms with Crippen LogP contribution < -0.4 is 9.47 Å². The van der Waals surface area contributed by atoms with Crippen LogP contribution in [0.15, 0.2) is 36.4 Å². The van der Waals surface area contributed by atoms with E-state index >= 15 is 0 Å². The van der Waals surface area contributed by atoms with E-state index < -0.39 is 16.6 Å². The van der Waals surface area contributed by atoms with Crippen molar-refractivity contribution in [3.8, 4) is 22.6 Å². The highest BCUT2D eigenvalue weighted by atomic mass is 16.6. The molecule has 0 radical (unpaired) electrons. The van der Waals surface area contributed by atoms with Gasteiger partial charge in [-0.25, -0.2) is 4.79 Å². The van der Waals surface area contributed by atoms with E-state index in [-0.39, 0.29) is 5.56 Å². The first kappa shape index (κ1) is 15.3. The molecule has 0 atom stereocenters. The normalized spacial score (nSPS) is 10.1. The van der Waals surface area contributed by atoms with Crippen LogP contribution in [-0.4, -0.2) is 30.2 Å². The topological polar surface area (TPSA) is 98.9 Å². The lowest BCUT2D eigenvalue weighted by Gasteiger charge is -2.09. The number of ether oxygens (including phenoxy) is 2. The fraction of sp³-hybridized carbons (Fsp3) is 0.133. The van der Waals surface area contributed by atoms with Gasteiger partial charge in [-0.3, -0.25) is 10.1 Å². The Hall–Kier alpha value is -3.09. The van der Waals surface area contributed by atoms with E-state index in [1.165, 1.54) is 32.4 Å². The average Bonchev–Trinajstić information content (AvgIpc) is 2.53. The molecule has 0 saturated heterocycles. The molecule has 0 spiro atoms. The Balaban J connectivity index is 2.60. The maximum atomic E-state index is 11.0. The first-order chi connectivity index (χ1) is 10.5. The van der Waals surface area contributed by atoms with Crippen LogP contribution in [0.1, 0.15) is 10.4 Å². The quantitative estimate of drug-likeness (QED) is 0.673. The molecular formula is C15H13NO6. The van der Waals surface area contributed by atoms with Crippen LogP contribution >= 0.6 is 0 Å². The maximum Gasteiger partial charge on any atom is 0.342 e. The second-order valence-corrected chi connectivity index (χ2v) is 4.40. The van der Waals surface area contributed by atoms with Crippen molar-refractivity contribution in [2.45, 2.75) is 0 Å². The van der Waals surface area contributed by atoms with E-state index in [0.717, 1.165) is 0 Å². The Bertz CT molecular complexity index is 719. The predicted octanol–water partition coefficient (Wildman–Crippen LogP) is 2.98. The van der Waals surface area contributed by atoms with Crippen molar-refractivity contribution in [1.82, 2.24) is 0 Å². The van der Waals surface area contributed by atoms with E-state index in [0.29, 0.717) is 22.6 Å². The zero-order chi connectivity index (χ0) is 16.3. The number of benzene rings is 2. The molecule has 0 saturated carbocycles. The minimum atomic E-state index is -1.35. The molecule has 0 aliphatic carbocycles. The fourth-order valence-corrected chi connectivity index (χ4v) is 2.02. The van der Waals surface area contributed by atoms with Crippen LogP contribution in [-0.2, 0) is 0 Å². The summed E-state index contributed by atoms with van der Waals surface area (Å²) in [7, 11) is 2.99. The Morgan fingerprint density at radius 2 is 1.64 bits per heavy atom. The number of carboxylic acid groups (broad SMARTS) is 1. The second kappa shape index (κ2) is 6.13. The van der Waals surface area contributed by atoms with Crippen molar-refractivity contribution >= 4 is 11.7 Å². The van der Waals surface area contributed by atoms with Gasteiger partial charge in [0, 0.05) is 12.1 Å². The number of rotatable bonds is 5. The Morgan fingerprint density at radius 1 is 1.05 bits per heavy atom. The molecule has 1 N–H and O–H groups in total. The third kappa shape index (κ3) is 2.98. The molecule has 2 rings (SSSR count). The summed E-state index contributed by atoms with van der Waals surface area (Å²) in [6, 6.07) is 8.97. The van der Waals surface area contributed by atoms with Crippen LogP contribution in [0.25, 0.3) is 11.1 Å². The minimum Gasteiger partial charge on any atom is -0.497 e. The number of hydrogen-bond acceptors (Lipinski definition) is 5. The molecule has 0 heterocycles. The number of hydrogen-bond donors (Lipinski definition) is 1. The van der Waals surface area contributed by atoms with E-state index in [9.17, 15) is 14.9 Å². The Morgan fingerprint density at radius 3 is 2.09 bits per heavy atom. The summed E-state index contributed by atoms with van der Waals surface area (Å²) in [4.78, 5) is 21.4. The van der Waals surface area contributed by atoms with Crippen molar-refractivity contribution in [3.63, 3.8) is 0 Å². The van der Waals surface area contributed by atoms with Gasteiger partial charge in [-0.2, -0.15) is 0 Å². The molecule has 7 heteroatoms. The summed E-state index contributed by atoms with van der Waals surface area (Å²) in [6.07, 6.45) is 0. The highest BCUT2D eigenvalue weighted by Crippen LogP contribution is 2.32. The largest absolute Gasteiger partial charge is 0.497 e. The summed E-state index contributed by atoms with van der Waals surface area (Å²) in [5.41, 5.74) is 0.292. The van der Waals surface area contributed by atoms with Gasteiger partial charge in [0.2, 0.25) is 0 Å². The first-order valence-corrected chi connectivity index (χ1v) is 6.21.